The van der Waals surface area contributed by atoms with Crippen LogP contribution in [0.3, 0.4) is 0 Å². The van der Waals surface area contributed by atoms with E-state index in [-0.39, 0.29) is 11.7 Å². The average Bonchev–Trinajstić information content (AvgIpc) is 2.33. The second kappa shape index (κ2) is 5.29. The van der Waals surface area contributed by atoms with Crippen molar-refractivity contribution in [3.8, 4) is 5.75 Å². The molecule has 2 N–H and O–H groups in total. The Hall–Kier alpha value is -1.71. The molecule has 0 atom stereocenters. The highest BCUT2D eigenvalue weighted by atomic mass is 35.5. The minimum absolute atomic E-state index is 0.107. The molecule has 0 unspecified atom stereocenters. The molecule has 0 aliphatic carbocycles. The maximum atomic E-state index is 11.9. The van der Waals surface area contributed by atoms with E-state index in [1.54, 1.807) is 18.2 Å². The molecule has 0 aliphatic heterocycles. The zero-order valence-electron chi connectivity index (χ0n) is 9.15. The van der Waals surface area contributed by atoms with E-state index in [0.29, 0.717) is 21.3 Å². The minimum Gasteiger partial charge on any atom is -0.508 e. The summed E-state index contributed by atoms with van der Waals surface area (Å²) in [6, 6.07) is 10.7. The molecule has 0 saturated carbocycles. The second-order valence-corrected chi connectivity index (χ2v) is 4.47. The number of nitrogens with one attached hydrogen (secondary N) is 1. The highest BCUT2D eigenvalue weighted by Gasteiger charge is 2.08. The molecule has 0 aromatic heterocycles. The average molecular weight is 282 g/mol. The third-order valence-corrected chi connectivity index (χ3v) is 2.86. The number of carbonyl (C=O) groups excluding carboxylic acids is 1. The highest BCUT2D eigenvalue weighted by molar-refractivity contribution is 6.36. The monoisotopic (exact) mass is 281 g/mol. The van der Waals surface area contributed by atoms with Crippen LogP contribution in [0.2, 0.25) is 10.0 Å². The Balaban J connectivity index is 2.18. The molecule has 5 heteroatoms. The molecular weight excluding hydrogens is 273 g/mol. The maximum absolute atomic E-state index is 11.9. The van der Waals surface area contributed by atoms with Gasteiger partial charge in [0, 0.05) is 10.6 Å². The third-order valence-electron chi connectivity index (χ3n) is 2.31. The van der Waals surface area contributed by atoms with Crippen LogP contribution >= 0.6 is 23.2 Å². The summed E-state index contributed by atoms with van der Waals surface area (Å²) in [6.45, 7) is 0. The van der Waals surface area contributed by atoms with Crippen LogP contribution in [0, 0.1) is 0 Å². The van der Waals surface area contributed by atoms with Crippen LogP contribution in [0.15, 0.2) is 42.5 Å². The van der Waals surface area contributed by atoms with E-state index in [2.05, 4.69) is 5.32 Å². The summed E-state index contributed by atoms with van der Waals surface area (Å²) in [7, 11) is 0. The van der Waals surface area contributed by atoms with Gasteiger partial charge < -0.3 is 10.4 Å². The number of halogens is 2. The Morgan fingerprint density at radius 2 is 1.72 bits per heavy atom. The fourth-order valence-electron chi connectivity index (χ4n) is 1.40. The van der Waals surface area contributed by atoms with Gasteiger partial charge in [-0.1, -0.05) is 23.2 Å². The highest BCUT2D eigenvalue weighted by Crippen LogP contribution is 2.25. The van der Waals surface area contributed by atoms with E-state index in [0.717, 1.165) is 0 Å². The van der Waals surface area contributed by atoms with Crippen molar-refractivity contribution in [3.05, 3.63) is 58.1 Å². The van der Waals surface area contributed by atoms with Gasteiger partial charge in [0.1, 0.15) is 5.75 Å². The van der Waals surface area contributed by atoms with Crippen LogP contribution in [0.5, 0.6) is 5.75 Å². The standard InChI is InChI=1S/C13H9Cl2NO2/c14-9-3-6-12(11(15)7-9)16-13(18)8-1-4-10(17)5-2-8/h1-7,17H,(H,16,18). The molecule has 1 amide bonds. The molecule has 0 saturated heterocycles. The van der Waals surface area contributed by atoms with Crippen LogP contribution in [0.1, 0.15) is 10.4 Å². The zero-order chi connectivity index (χ0) is 13.1. The number of rotatable bonds is 2. The van der Waals surface area contributed by atoms with Crippen molar-refractivity contribution in [1.82, 2.24) is 0 Å². The molecule has 2 aromatic rings. The van der Waals surface area contributed by atoms with Gasteiger partial charge in [-0.05, 0) is 42.5 Å². The number of phenols is 1. The Morgan fingerprint density at radius 3 is 2.33 bits per heavy atom. The summed E-state index contributed by atoms with van der Waals surface area (Å²) in [6.07, 6.45) is 0. The molecule has 3 nitrogen and oxygen atoms in total. The predicted octanol–water partition coefficient (Wildman–Crippen LogP) is 3.95. The molecular formula is C13H9Cl2NO2. The lowest BCUT2D eigenvalue weighted by Gasteiger charge is -2.07. The van der Waals surface area contributed by atoms with Gasteiger partial charge in [-0.15, -0.1) is 0 Å². The Morgan fingerprint density at radius 1 is 1.06 bits per heavy atom. The van der Waals surface area contributed by atoms with E-state index >= 15 is 0 Å². The number of benzene rings is 2. The van der Waals surface area contributed by atoms with Gasteiger partial charge in [0.05, 0.1) is 10.7 Å². The van der Waals surface area contributed by atoms with E-state index in [9.17, 15) is 4.79 Å². The molecule has 92 valence electrons. The van der Waals surface area contributed by atoms with Crippen LogP contribution in [-0.4, -0.2) is 11.0 Å². The van der Waals surface area contributed by atoms with Gasteiger partial charge in [0.15, 0.2) is 0 Å². The van der Waals surface area contributed by atoms with Crippen molar-refractivity contribution < 1.29 is 9.90 Å². The van der Waals surface area contributed by atoms with Crippen molar-refractivity contribution in [2.24, 2.45) is 0 Å². The van der Waals surface area contributed by atoms with Gasteiger partial charge in [0.25, 0.3) is 5.91 Å². The number of amides is 1. The number of hydrogen-bond acceptors (Lipinski definition) is 2. The fourth-order valence-corrected chi connectivity index (χ4v) is 1.85. The molecule has 0 bridgehead atoms. The van der Waals surface area contributed by atoms with Gasteiger partial charge in [-0.2, -0.15) is 0 Å². The lowest BCUT2D eigenvalue weighted by Crippen LogP contribution is -2.11. The van der Waals surface area contributed by atoms with Crippen molar-refractivity contribution >= 4 is 34.8 Å². The quantitative estimate of drug-likeness (QED) is 0.876. The number of aromatic hydroxyl groups is 1. The fraction of sp³-hybridized carbons (Fsp3) is 0. The molecule has 0 heterocycles. The lowest BCUT2D eigenvalue weighted by atomic mass is 10.2. The topological polar surface area (TPSA) is 49.3 Å². The molecule has 0 aliphatic rings. The van der Waals surface area contributed by atoms with Gasteiger partial charge >= 0.3 is 0 Å². The van der Waals surface area contributed by atoms with Crippen molar-refractivity contribution in [3.63, 3.8) is 0 Å². The maximum Gasteiger partial charge on any atom is 0.255 e. The Kier molecular flexibility index (Phi) is 3.75. The Bertz CT molecular complexity index is 582. The molecule has 0 fully saturated rings. The first-order valence-electron chi connectivity index (χ1n) is 5.12. The summed E-state index contributed by atoms with van der Waals surface area (Å²) < 4.78 is 0. The first-order chi connectivity index (χ1) is 8.56. The predicted molar refractivity (Wildman–Crippen MR) is 72.5 cm³/mol. The van der Waals surface area contributed by atoms with Crippen LogP contribution in [-0.2, 0) is 0 Å². The summed E-state index contributed by atoms with van der Waals surface area (Å²) in [5.74, 6) is -0.199. The first kappa shape index (κ1) is 12.7. The van der Waals surface area contributed by atoms with E-state index < -0.39 is 0 Å². The van der Waals surface area contributed by atoms with Crippen molar-refractivity contribution in [2.45, 2.75) is 0 Å². The number of phenolic OH excluding ortho intramolecular Hbond substituents is 1. The number of anilines is 1. The van der Waals surface area contributed by atoms with Crippen LogP contribution < -0.4 is 5.32 Å². The van der Waals surface area contributed by atoms with Crippen LogP contribution in [0.25, 0.3) is 0 Å². The van der Waals surface area contributed by atoms with Crippen molar-refractivity contribution in [2.75, 3.05) is 5.32 Å². The van der Waals surface area contributed by atoms with E-state index in [1.807, 2.05) is 0 Å². The molecule has 0 spiro atoms. The molecule has 0 radical (unpaired) electrons. The van der Waals surface area contributed by atoms with Crippen LogP contribution in [0.4, 0.5) is 5.69 Å². The van der Waals surface area contributed by atoms with Gasteiger partial charge in [-0.25, -0.2) is 0 Å². The zero-order valence-corrected chi connectivity index (χ0v) is 10.7. The molecule has 2 rings (SSSR count). The largest absolute Gasteiger partial charge is 0.508 e. The van der Waals surface area contributed by atoms with E-state index in [4.69, 9.17) is 28.3 Å². The lowest BCUT2D eigenvalue weighted by molar-refractivity contribution is 0.102. The summed E-state index contributed by atoms with van der Waals surface area (Å²) in [5.41, 5.74) is 0.915. The molecule has 2 aromatic carbocycles. The SMILES string of the molecule is O=C(Nc1ccc(Cl)cc1Cl)c1ccc(O)cc1. The number of carbonyl (C=O) groups is 1. The first-order valence-corrected chi connectivity index (χ1v) is 5.87. The van der Waals surface area contributed by atoms with Crippen molar-refractivity contribution in [1.29, 1.82) is 0 Å². The third kappa shape index (κ3) is 2.94. The summed E-state index contributed by atoms with van der Waals surface area (Å²) >= 11 is 11.7. The second-order valence-electron chi connectivity index (χ2n) is 3.63. The number of hydrogen-bond donors (Lipinski definition) is 2. The summed E-state index contributed by atoms with van der Waals surface area (Å²) in [4.78, 5) is 11.9. The van der Waals surface area contributed by atoms with Gasteiger partial charge in [0.2, 0.25) is 0 Å². The van der Waals surface area contributed by atoms with Gasteiger partial charge in [-0.3, -0.25) is 4.79 Å². The smallest absolute Gasteiger partial charge is 0.255 e. The minimum atomic E-state index is -0.306. The van der Waals surface area contributed by atoms with E-state index in [1.165, 1.54) is 24.3 Å². The molecule has 18 heavy (non-hydrogen) atoms. The normalized spacial score (nSPS) is 10.1. The Labute approximate surface area is 114 Å². The summed E-state index contributed by atoms with van der Waals surface area (Å²) in [5, 5.41) is 12.7.